The lowest BCUT2D eigenvalue weighted by Gasteiger charge is -2.22. The molecule has 1 aliphatic carbocycles. The van der Waals surface area contributed by atoms with Gasteiger partial charge in [-0.1, -0.05) is 12.8 Å². The molecule has 7 nitrogen and oxygen atoms in total. The minimum Gasteiger partial charge on any atom is -0.357 e. The number of likely N-dealkylation sites (tertiary alicyclic amines) is 1. The van der Waals surface area contributed by atoms with E-state index in [0.29, 0.717) is 18.4 Å². The average molecular weight is 493 g/mol. The molecule has 1 heterocycles. The minimum atomic E-state index is -0.259. The maximum Gasteiger partial charge on any atom is 0.242 e. The summed E-state index contributed by atoms with van der Waals surface area (Å²) in [6.45, 7) is 10.2. The predicted octanol–water partition coefficient (Wildman–Crippen LogP) is 1.87. The van der Waals surface area contributed by atoms with Crippen LogP contribution in [0.2, 0.25) is 0 Å². The van der Waals surface area contributed by atoms with Gasteiger partial charge in [-0.15, -0.1) is 24.0 Å². The summed E-state index contributed by atoms with van der Waals surface area (Å²) in [6, 6.07) is 0.184. The van der Waals surface area contributed by atoms with E-state index in [1.54, 1.807) is 0 Å². The number of halogens is 1. The SMILES string of the molecule is CCNC(=NCC(=O)NC(C)(C)C)NC1CCN(C(=O)C2CCCC2)C1.I. The van der Waals surface area contributed by atoms with E-state index >= 15 is 0 Å². The van der Waals surface area contributed by atoms with Crippen molar-refractivity contribution in [1.29, 1.82) is 0 Å². The number of amides is 2. The second kappa shape index (κ2) is 11.1. The number of nitrogens with one attached hydrogen (secondary N) is 3. The fourth-order valence-electron chi connectivity index (χ4n) is 3.63. The van der Waals surface area contributed by atoms with Gasteiger partial charge in [-0.3, -0.25) is 9.59 Å². The summed E-state index contributed by atoms with van der Waals surface area (Å²) in [5, 5.41) is 9.47. The Morgan fingerprint density at radius 2 is 1.81 bits per heavy atom. The molecule has 1 aliphatic heterocycles. The molecule has 3 N–H and O–H groups in total. The Balaban J connectivity index is 0.00000364. The Morgan fingerprint density at radius 3 is 2.41 bits per heavy atom. The van der Waals surface area contributed by atoms with E-state index in [2.05, 4.69) is 20.9 Å². The van der Waals surface area contributed by atoms with Crippen LogP contribution in [0.1, 0.15) is 59.8 Å². The van der Waals surface area contributed by atoms with E-state index in [9.17, 15) is 9.59 Å². The molecule has 27 heavy (non-hydrogen) atoms. The number of hydrogen-bond acceptors (Lipinski definition) is 3. The van der Waals surface area contributed by atoms with Crippen molar-refractivity contribution in [1.82, 2.24) is 20.9 Å². The first-order valence-corrected chi connectivity index (χ1v) is 9.93. The topological polar surface area (TPSA) is 85.8 Å². The molecule has 0 aromatic rings. The van der Waals surface area contributed by atoms with Gasteiger partial charge in [0.05, 0.1) is 0 Å². The van der Waals surface area contributed by atoms with Crippen LogP contribution in [0.4, 0.5) is 0 Å². The molecule has 0 spiro atoms. The molecule has 2 amide bonds. The third kappa shape index (κ3) is 8.23. The summed E-state index contributed by atoms with van der Waals surface area (Å²) in [6.07, 6.45) is 5.36. The van der Waals surface area contributed by atoms with Gasteiger partial charge in [-0.05, 0) is 47.0 Å². The molecule has 0 aromatic heterocycles. The van der Waals surface area contributed by atoms with E-state index in [1.165, 1.54) is 12.8 Å². The zero-order valence-corrected chi connectivity index (χ0v) is 19.5. The maximum absolute atomic E-state index is 12.6. The summed E-state index contributed by atoms with van der Waals surface area (Å²) >= 11 is 0. The summed E-state index contributed by atoms with van der Waals surface area (Å²) in [4.78, 5) is 30.9. The van der Waals surface area contributed by atoms with Crippen LogP contribution in [0, 0.1) is 5.92 Å². The highest BCUT2D eigenvalue weighted by atomic mass is 127. The molecule has 0 radical (unpaired) electrons. The first-order chi connectivity index (χ1) is 12.3. The van der Waals surface area contributed by atoms with Gasteiger partial charge in [0.15, 0.2) is 5.96 Å². The molecule has 1 unspecified atom stereocenters. The highest BCUT2D eigenvalue weighted by Crippen LogP contribution is 2.27. The largest absolute Gasteiger partial charge is 0.357 e. The number of rotatable bonds is 5. The van der Waals surface area contributed by atoms with Crippen molar-refractivity contribution in [2.24, 2.45) is 10.9 Å². The lowest BCUT2D eigenvalue weighted by atomic mass is 10.1. The lowest BCUT2D eigenvalue weighted by Crippen LogP contribution is -2.46. The summed E-state index contributed by atoms with van der Waals surface area (Å²) in [5.41, 5.74) is -0.259. The first kappa shape index (κ1) is 24.0. The van der Waals surface area contributed by atoms with Gasteiger partial charge in [-0.25, -0.2) is 4.99 Å². The highest BCUT2D eigenvalue weighted by molar-refractivity contribution is 14.0. The van der Waals surface area contributed by atoms with Crippen molar-refractivity contribution in [3.63, 3.8) is 0 Å². The van der Waals surface area contributed by atoms with Gasteiger partial charge >= 0.3 is 0 Å². The van der Waals surface area contributed by atoms with Crippen molar-refractivity contribution < 1.29 is 9.59 Å². The van der Waals surface area contributed by atoms with Crippen LogP contribution in [0.25, 0.3) is 0 Å². The summed E-state index contributed by atoms with van der Waals surface area (Å²) in [7, 11) is 0. The van der Waals surface area contributed by atoms with E-state index in [0.717, 1.165) is 32.4 Å². The summed E-state index contributed by atoms with van der Waals surface area (Å²) < 4.78 is 0. The monoisotopic (exact) mass is 493 g/mol. The normalized spacial score (nSPS) is 21.0. The highest BCUT2D eigenvalue weighted by Gasteiger charge is 2.32. The van der Waals surface area contributed by atoms with E-state index in [4.69, 9.17) is 0 Å². The van der Waals surface area contributed by atoms with Crippen molar-refractivity contribution in [2.75, 3.05) is 26.2 Å². The number of carbonyl (C=O) groups excluding carboxylic acids is 2. The molecular formula is C19H36IN5O2. The third-order valence-electron chi connectivity index (χ3n) is 4.78. The van der Waals surface area contributed by atoms with Crippen LogP contribution in [0.3, 0.4) is 0 Å². The molecule has 2 aliphatic rings. The quantitative estimate of drug-likeness (QED) is 0.310. The van der Waals surface area contributed by atoms with Crippen LogP contribution in [-0.4, -0.2) is 60.4 Å². The van der Waals surface area contributed by atoms with Crippen LogP contribution >= 0.6 is 24.0 Å². The molecule has 1 saturated carbocycles. The Labute approximate surface area is 180 Å². The predicted molar refractivity (Wildman–Crippen MR) is 119 cm³/mol. The Bertz CT molecular complexity index is 527. The smallest absolute Gasteiger partial charge is 0.242 e. The average Bonchev–Trinajstić information content (AvgIpc) is 3.22. The zero-order valence-electron chi connectivity index (χ0n) is 17.1. The maximum atomic E-state index is 12.6. The minimum absolute atomic E-state index is 0. The molecule has 0 aromatic carbocycles. The van der Waals surface area contributed by atoms with Gasteiger partial charge in [0.2, 0.25) is 11.8 Å². The lowest BCUT2D eigenvalue weighted by molar-refractivity contribution is -0.134. The van der Waals surface area contributed by atoms with E-state index < -0.39 is 0 Å². The standard InChI is InChI=1S/C19H35N5O2.HI/c1-5-20-18(21-12-16(25)23-19(2,3)4)22-15-10-11-24(13-15)17(26)14-8-6-7-9-14;/h14-15H,5-13H2,1-4H3,(H,23,25)(H2,20,21,22);1H. The molecule has 0 bridgehead atoms. The zero-order chi connectivity index (χ0) is 19.2. The molecular weight excluding hydrogens is 457 g/mol. The Hall–Kier alpha value is -1.06. The van der Waals surface area contributed by atoms with Crippen molar-refractivity contribution in [3.8, 4) is 0 Å². The van der Waals surface area contributed by atoms with Gasteiger partial charge in [0.25, 0.3) is 0 Å². The van der Waals surface area contributed by atoms with Crippen molar-refractivity contribution >= 4 is 41.8 Å². The number of guanidine groups is 1. The summed E-state index contributed by atoms with van der Waals surface area (Å²) in [5.74, 6) is 1.09. The van der Waals surface area contributed by atoms with Gasteiger partial charge in [0.1, 0.15) is 6.54 Å². The number of carbonyl (C=O) groups is 2. The van der Waals surface area contributed by atoms with Gasteiger partial charge < -0.3 is 20.9 Å². The molecule has 8 heteroatoms. The number of hydrogen-bond donors (Lipinski definition) is 3. The van der Waals surface area contributed by atoms with Crippen LogP contribution in [0.15, 0.2) is 4.99 Å². The van der Waals surface area contributed by atoms with Crippen LogP contribution in [-0.2, 0) is 9.59 Å². The Kier molecular flexibility index (Phi) is 9.83. The molecule has 2 rings (SSSR count). The van der Waals surface area contributed by atoms with Crippen LogP contribution < -0.4 is 16.0 Å². The van der Waals surface area contributed by atoms with Gasteiger partial charge in [-0.2, -0.15) is 0 Å². The number of aliphatic imine (C=N–C) groups is 1. The van der Waals surface area contributed by atoms with E-state index in [1.807, 2.05) is 32.6 Å². The Morgan fingerprint density at radius 1 is 1.15 bits per heavy atom. The van der Waals surface area contributed by atoms with Crippen molar-refractivity contribution in [2.45, 2.75) is 71.4 Å². The second-order valence-electron chi connectivity index (χ2n) is 8.39. The fraction of sp³-hybridized carbons (Fsp3) is 0.842. The molecule has 1 saturated heterocycles. The second-order valence-corrected chi connectivity index (χ2v) is 8.39. The van der Waals surface area contributed by atoms with E-state index in [-0.39, 0.29) is 53.9 Å². The molecule has 156 valence electrons. The molecule has 1 atom stereocenters. The third-order valence-corrected chi connectivity index (χ3v) is 4.78. The van der Waals surface area contributed by atoms with Gasteiger partial charge in [0, 0.05) is 37.1 Å². The van der Waals surface area contributed by atoms with Crippen LogP contribution in [0.5, 0.6) is 0 Å². The molecule has 2 fully saturated rings. The number of nitrogens with zero attached hydrogens (tertiary/aromatic N) is 2. The fourth-order valence-corrected chi connectivity index (χ4v) is 3.63. The first-order valence-electron chi connectivity index (χ1n) is 9.93. The van der Waals surface area contributed by atoms with Crippen molar-refractivity contribution in [3.05, 3.63) is 0 Å².